The number of hydrogen-bond acceptors (Lipinski definition) is 3. The SMILES string of the molecule is CC1CCN1.CCO[SiH2]OCC. The molecule has 0 amide bonds. The quantitative estimate of drug-likeness (QED) is 0.516. The van der Waals surface area contributed by atoms with Gasteiger partial charge in [-0.05, 0) is 33.7 Å². The van der Waals surface area contributed by atoms with Gasteiger partial charge in [0.2, 0.25) is 0 Å². The predicted molar refractivity (Wildman–Crippen MR) is 53.9 cm³/mol. The maximum Gasteiger partial charge on any atom is 0.304 e. The molecule has 0 aromatic heterocycles. The predicted octanol–water partition coefficient (Wildman–Crippen LogP) is 0.426. The van der Waals surface area contributed by atoms with Crippen molar-refractivity contribution in [2.75, 3.05) is 19.8 Å². The summed E-state index contributed by atoms with van der Waals surface area (Å²) in [7, 11) is -0.589. The van der Waals surface area contributed by atoms with E-state index in [1.165, 1.54) is 13.0 Å². The molecular weight excluding hydrogens is 170 g/mol. The number of rotatable bonds is 4. The summed E-state index contributed by atoms with van der Waals surface area (Å²) in [6.07, 6.45) is 1.38. The highest BCUT2D eigenvalue weighted by Gasteiger charge is 2.07. The minimum Gasteiger partial charge on any atom is -0.399 e. The van der Waals surface area contributed by atoms with E-state index in [1.807, 2.05) is 13.8 Å². The molecule has 0 saturated carbocycles. The van der Waals surface area contributed by atoms with Crippen molar-refractivity contribution >= 4 is 10.0 Å². The van der Waals surface area contributed by atoms with Crippen LogP contribution in [-0.2, 0) is 8.85 Å². The summed E-state index contributed by atoms with van der Waals surface area (Å²) in [6.45, 7) is 8.99. The third-order valence-electron chi connectivity index (χ3n) is 1.65. The second kappa shape index (κ2) is 9.19. The van der Waals surface area contributed by atoms with Crippen molar-refractivity contribution in [2.24, 2.45) is 0 Å². The molecule has 4 heteroatoms. The molecule has 1 aliphatic heterocycles. The third kappa shape index (κ3) is 8.20. The molecule has 1 saturated heterocycles. The molecule has 0 aromatic carbocycles. The lowest BCUT2D eigenvalue weighted by molar-refractivity contribution is 0.240. The zero-order valence-electron chi connectivity index (χ0n) is 8.43. The Balaban J connectivity index is 0.000000211. The molecule has 1 aliphatic rings. The van der Waals surface area contributed by atoms with E-state index in [-0.39, 0.29) is 0 Å². The molecule has 1 fully saturated rings. The van der Waals surface area contributed by atoms with Crippen LogP contribution in [0, 0.1) is 0 Å². The van der Waals surface area contributed by atoms with Crippen LogP contribution >= 0.6 is 0 Å². The molecule has 0 radical (unpaired) electrons. The van der Waals surface area contributed by atoms with Gasteiger partial charge in [-0.25, -0.2) is 0 Å². The molecule has 0 bridgehead atoms. The Bertz CT molecular complexity index is 85.1. The molecule has 0 aliphatic carbocycles. The Morgan fingerprint density at radius 3 is 1.92 bits per heavy atom. The molecule has 1 N–H and O–H groups in total. The Kier molecular flexibility index (Phi) is 9.26. The van der Waals surface area contributed by atoms with Gasteiger partial charge in [0, 0.05) is 19.3 Å². The van der Waals surface area contributed by atoms with Gasteiger partial charge in [0.25, 0.3) is 0 Å². The van der Waals surface area contributed by atoms with Crippen LogP contribution in [0.5, 0.6) is 0 Å². The van der Waals surface area contributed by atoms with Crippen molar-refractivity contribution in [3.63, 3.8) is 0 Å². The summed E-state index contributed by atoms with van der Waals surface area (Å²) in [5, 5.41) is 3.21. The second-order valence-corrected chi connectivity index (χ2v) is 3.80. The maximum absolute atomic E-state index is 4.99. The van der Waals surface area contributed by atoms with Gasteiger partial charge < -0.3 is 14.2 Å². The monoisotopic (exact) mass is 191 g/mol. The Morgan fingerprint density at radius 1 is 1.33 bits per heavy atom. The van der Waals surface area contributed by atoms with Gasteiger partial charge in [-0.15, -0.1) is 0 Å². The first kappa shape index (κ1) is 12.1. The maximum atomic E-state index is 4.99. The van der Waals surface area contributed by atoms with Gasteiger partial charge in [-0.3, -0.25) is 0 Å². The third-order valence-corrected chi connectivity index (χ3v) is 2.79. The molecule has 1 heterocycles. The van der Waals surface area contributed by atoms with Crippen LogP contribution in [0.25, 0.3) is 0 Å². The molecule has 74 valence electrons. The highest BCUT2D eigenvalue weighted by Crippen LogP contribution is 1.96. The lowest BCUT2D eigenvalue weighted by Crippen LogP contribution is -2.39. The highest BCUT2D eigenvalue weighted by atomic mass is 28.3. The average Bonchev–Trinajstić information content (AvgIpc) is 2.03. The molecule has 1 rings (SSSR count). The standard InChI is InChI=1S/C4H9N.C4H12O2Si/c1-4-2-3-5-4;1-3-5-7-6-4-2/h4-5H,2-3H2,1H3;3-4,7H2,1-2H3. The topological polar surface area (TPSA) is 30.5 Å². The fraction of sp³-hybridized carbons (Fsp3) is 1.00. The van der Waals surface area contributed by atoms with E-state index < -0.39 is 10.0 Å². The normalized spacial score (nSPS) is 20.8. The lowest BCUT2D eigenvalue weighted by Gasteiger charge is -2.22. The van der Waals surface area contributed by atoms with E-state index in [2.05, 4.69) is 12.2 Å². The van der Waals surface area contributed by atoms with Crippen molar-refractivity contribution in [1.29, 1.82) is 0 Å². The van der Waals surface area contributed by atoms with Crippen LogP contribution < -0.4 is 5.32 Å². The van der Waals surface area contributed by atoms with Crippen LogP contribution in [-0.4, -0.2) is 35.8 Å². The van der Waals surface area contributed by atoms with E-state index >= 15 is 0 Å². The molecule has 0 spiro atoms. The van der Waals surface area contributed by atoms with Gasteiger partial charge in [0.05, 0.1) is 0 Å². The summed E-state index contributed by atoms with van der Waals surface area (Å²) in [5.41, 5.74) is 0. The van der Waals surface area contributed by atoms with Gasteiger partial charge in [-0.1, -0.05) is 0 Å². The number of hydrogen-bond donors (Lipinski definition) is 1. The summed E-state index contributed by atoms with van der Waals surface area (Å²) in [5.74, 6) is 0. The largest absolute Gasteiger partial charge is 0.399 e. The van der Waals surface area contributed by atoms with Crippen LogP contribution in [0.4, 0.5) is 0 Å². The smallest absolute Gasteiger partial charge is 0.304 e. The zero-order chi connectivity index (χ0) is 9.23. The molecule has 1 unspecified atom stereocenters. The van der Waals surface area contributed by atoms with Gasteiger partial charge in [-0.2, -0.15) is 0 Å². The minimum absolute atomic E-state index is 0.589. The Labute approximate surface area is 77.9 Å². The zero-order valence-corrected chi connectivity index (χ0v) is 9.84. The first-order chi connectivity index (χ1) is 5.81. The van der Waals surface area contributed by atoms with Gasteiger partial charge >= 0.3 is 10.0 Å². The number of nitrogens with one attached hydrogen (secondary N) is 1. The fourth-order valence-electron chi connectivity index (χ4n) is 0.659. The first-order valence-corrected chi connectivity index (χ1v) is 5.85. The van der Waals surface area contributed by atoms with Gasteiger partial charge in [0.1, 0.15) is 0 Å². The summed E-state index contributed by atoms with van der Waals surface area (Å²) < 4.78 is 9.98. The van der Waals surface area contributed by atoms with Gasteiger partial charge in [0.15, 0.2) is 0 Å². The first-order valence-electron chi connectivity index (χ1n) is 4.70. The summed E-state index contributed by atoms with van der Waals surface area (Å²) in [4.78, 5) is 0. The van der Waals surface area contributed by atoms with Crippen molar-refractivity contribution in [3.8, 4) is 0 Å². The van der Waals surface area contributed by atoms with Crippen molar-refractivity contribution in [2.45, 2.75) is 33.2 Å². The van der Waals surface area contributed by atoms with E-state index in [1.54, 1.807) is 0 Å². The van der Waals surface area contributed by atoms with Crippen molar-refractivity contribution < 1.29 is 8.85 Å². The molecule has 0 aromatic rings. The van der Waals surface area contributed by atoms with E-state index in [9.17, 15) is 0 Å². The fourth-order valence-corrected chi connectivity index (χ4v) is 1.11. The average molecular weight is 191 g/mol. The summed E-state index contributed by atoms with van der Waals surface area (Å²) >= 11 is 0. The lowest BCUT2D eigenvalue weighted by atomic mass is 10.1. The van der Waals surface area contributed by atoms with Crippen LogP contribution in [0.2, 0.25) is 0 Å². The van der Waals surface area contributed by atoms with Crippen molar-refractivity contribution in [1.82, 2.24) is 5.32 Å². The van der Waals surface area contributed by atoms with Crippen molar-refractivity contribution in [3.05, 3.63) is 0 Å². The summed E-state index contributed by atoms with van der Waals surface area (Å²) in [6, 6.07) is 0.815. The molecule has 3 nitrogen and oxygen atoms in total. The highest BCUT2D eigenvalue weighted by molar-refractivity contribution is 6.17. The minimum atomic E-state index is -0.589. The van der Waals surface area contributed by atoms with E-state index in [0.717, 1.165) is 19.3 Å². The van der Waals surface area contributed by atoms with E-state index in [0.29, 0.717) is 0 Å². The molecular formula is C8H21NO2Si. The van der Waals surface area contributed by atoms with Crippen LogP contribution in [0.1, 0.15) is 27.2 Å². The van der Waals surface area contributed by atoms with Crippen LogP contribution in [0.15, 0.2) is 0 Å². The molecule has 12 heavy (non-hydrogen) atoms. The Hall–Kier alpha value is 0.0969. The molecule has 1 atom stereocenters. The van der Waals surface area contributed by atoms with E-state index in [4.69, 9.17) is 8.85 Å². The second-order valence-electron chi connectivity index (χ2n) is 2.75. The Morgan fingerprint density at radius 2 is 1.75 bits per heavy atom. The van der Waals surface area contributed by atoms with Crippen LogP contribution in [0.3, 0.4) is 0 Å².